The maximum absolute atomic E-state index is 12.1. The Morgan fingerprint density at radius 1 is 0.456 bits per heavy atom. The van der Waals surface area contributed by atoms with Gasteiger partial charge in [-0.3, -0.25) is 9.78 Å². The van der Waals surface area contributed by atoms with E-state index in [1.807, 2.05) is 140 Å². The predicted molar refractivity (Wildman–Crippen MR) is 567 cm³/mol. The summed E-state index contributed by atoms with van der Waals surface area (Å²) in [5, 5.41) is 42.3. The molecule has 1 saturated carbocycles. The molecule has 1 aliphatic carbocycles. The quantitative estimate of drug-likeness (QED) is 0.0327. The molecule has 0 bridgehead atoms. The first-order valence-corrected chi connectivity index (χ1v) is 50.2. The molecule has 770 valence electrons. The smallest absolute Gasteiger partial charge is 0.354 e. The number of para-hydroxylation sites is 1. The number of hydrogen-bond acceptors (Lipinski definition) is 38. The van der Waals surface area contributed by atoms with Gasteiger partial charge in [0.2, 0.25) is 5.82 Å². The van der Waals surface area contributed by atoms with Crippen LogP contribution in [0.5, 0.6) is 0 Å². The lowest BCUT2D eigenvalue weighted by atomic mass is 9.86. The van der Waals surface area contributed by atoms with E-state index in [-0.39, 0.29) is 69.7 Å². The first-order chi connectivity index (χ1) is 70.1. The van der Waals surface area contributed by atoms with E-state index in [1.54, 1.807) is 61.8 Å². The maximum Gasteiger partial charge on any atom is 0.354 e. The highest BCUT2D eigenvalue weighted by Gasteiger charge is 2.31. The summed E-state index contributed by atoms with van der Waals surface area (Å²) in [6.07, 6.45) is 13.1. The van der Waals surface area contributed by atoms with Gasteiger partial charge in [0.05, 0.1) is 24.6 Å². The van der Waals surface area contributed by atoms with Crippen molar-refractivity contribution in [1.29, 1.82) is 0 Å². The molecule has 45 heteroatoms. The molecule has 1 amide bonds. The van der Waals surface area contributed by atoms with Crippen LogP contribution in [0, 0.1) is 13.8 Å². The van der Waals surface area contributed by atoms with E-state index < -0.39 is 33.8 Å². The number of anilines is 8. The molecule has 3 aliphatic rings. The average Bonchev–Trinajstić information content (AvgIpc) is 1.77. The number of piperidine rings is 1. The van der Waals surface area contributed by atoms with Crippen LogP contribution < -0.4 is 49.7 Å². The molecule has 3 fully saturated rings. The molecular formula is C102H125N33O11S. The van der Waals surface area contributed by atoms with Crippen LogP contribution in [-0.4, -0.2) is 288 Å². The largest absolute Gasteiger partial charge is 0.477 e. The number of amides is 1. The molecule has 7 N–H and O–H groups in total. The number of aryl methyl sites for hydroxylation is 2. The highest BCUT2D eigenvalue weighted by Crippen LogP contribution is 2.40. The summed E-state index contributed by atoms with van der Waals surface area (Å²) < 4.78 is 37.8. The highest BCUT2D eigenvalue weighted by molar-refractivity contribution is 7.89. The Balaban J connectivity index is 0.000000140. The number of aromatic carboxylic acids is 3. The number of tetrazole rings is 1. The number of carbonyl (C=O) groups excluding carboxylic acids is 1. The number of H-pyrrole nitrogens is 1. The first-order valence-electron chi connectivity index (χ1n) is 48.8. The van der Waals surface area contributed by atoms with Crippen molar-refractivity contribution in [3.63, 3.8) is 0 Å². The zero-order valence-corrected chi connectivity index (χ0v) is 87.3. The second-order valence-corrected chi connectivity index (χ2v) is 39.4. The normalized spacial score (nSPS) is 13.4. The minimum Gasteiger partial charge on any atom is -0.477 e. The Bertz CT molecular complexity index is 7520. The summed E-state index contributed by atoms with van der Waals surface area (Å²) in [6.45, 7) is 33.3. The SMILES string of the molecule is CC(C)N(C)c1nc2nc(-c3nn[nH]n3)ccc2nc1-c1cccnc1.CC(C)N(C)c1nc2nc(C(=O)O)ccc2nc1-c1cc2ccccc2o1.CC(C)N(C)c1nc2nc(C(N)=O)ccc2nc1N1CCCCC1.CNS(=O)(=O)c1ccc2nc(C3CCCCC3)c(N(C)C(C)C)nc2n1.Cc1cc2nc(N3CCOCC3)c(N(C)C(C)C)nc2nc1C(=O)O.Cc1nc2ccc(C(=O)O)nc2nc1N(C)C(C)C. The van der Waals surface area contributed by atoms with Crippen molar-refractivity contribution in [2.45, 2.75) is 195 Å². The molecule has 0 atom stereocenters. The third kappa shape index (κ3) is 25.0. The monoisotopic (exact) mass is 2020 g/mol. The number of ether oxygens (including phenoxy) is 1. The molecule has 15 aromatic heterocycles. The molecule has 17 heterocycles. The third-order valence-electron chi connectivity index (χ3n) is 25.7. The fraction of sp³-hybridized carbons (Fsp3) is 0.412. The van der Waals surface area contributed by atoms with Gasteiger partial charge in [-0.2, -0.15) is 5.21 Å². The number of primary amides is 1. The Labute approximate surface area is 850 Å². The summed E-state index contributed by atoms with van der Waals surface area (Å²) in [5.74, 6) is 3.70. The zero-order valence-electron chi connectivity index (χ0n) is 86.5. The van der Waals surface area contributed by atoms with Crippen LogP contribution in [0.3, 0.4) is 0 Å². The van der Waals surface area contributed by atoms with Gasteiger partial charge < -0.3 is 69.4 Å². The summed E-state index contributed by atoms with van der Waals surface area (Å²) in [6, 6.07) is 33.0. The van der Waals surface area contributed by atoms with Gasteiger partial charge in [0, 0.05) is 134 Å². The van der Waals surface area contributed by atoms with Gasteiger partial charge in [-0.05, 0) is 238 Å². The fourth-order valence-electron chi connectivity index (χ4n) is 16.0. The van der Waals surface area contributed by atoms with Crippen LogP contribution in [0.1, 0.15) is 199 Å². The van der Waals surface area contributed by atoms with Crippen molar-refractivity contribution in [2.75, 3.05) is 128 Å². The number of benzene rings is 1. The van der Waals surface area contributed by atoms with Crippen LogP contribution in [0.2, 0.25) is 0 Å². The number of carboxylic acids is 3. The van der Waals surface area contributed by atoms with Gasteiger partial charge >= 0.3 is 17.9 Å². The standard InChI is InChI=1S/C20H18N4O3.C18H27N5O2S.C17H17N9.C17H24N6O.C17H23N5O3.C13H16N4O2/c1-11(2)24(3)19-17(16-10-12-6-4-5-7-15(12)27-16)21-13-8-9-14(20(25)26)22-18(13)23-19;1-12(2)23(4)18-16(13-8-6-5-7-9-13)20-14-10-11-15(21-17(14)22-18)26(24,25)19-3;1-10(2)26(3)17-14(11-5-4-8-18-9-11)19-12-6-7-13(20-15(12)21-17)16-22-24-25-23-16;1-11(2)22(3)16-17(23-9-5-4-6-10-23)20-13-8-7-12(14(18)24)19-15(13)21-16;1-10(2)21(4)15-16(22-5-7-25-8-6-22)18-12-9-11(3)13(17(23)24)19-14(12)20-15;1-7(2)17(4)12-8(3)14-9-5-6-10(13(18)19)15-11(9)16-12/h4-11H,1-3H3,(H,25,26);10-13,19H,5-9H2,1-4H3;4-10H,1-3H3,(H,22,23,24,25);7-8,11H,4-6,9-10H2,1-3H3,(H2,18,24);9-10H,5-8H2,1-4H3,(H,23,24);5-7H,1-4H3,(H,18,19). The van der Waals surface area contributed by atoms with Crippen LogP contribution in [0.15, 0.2) is 131 Å². The molecule has 2 saturated heterocycles. The van der Waals surface area contributed by atoms with Crippen LogP contribution >= 0.6 is 0 Å². The number of morpholine rings is 1. The topological polar surface area (TPSA) is 549 Å². The number of carboxylic acid groups (broad SMARTS) is 3. The number of rotatable bonds is 24. The van der Waals surface area contributed by atoms with E-state index in [0.717, 1.165) is 108 Å². The molecule has 0 unspecified atom stereocenters. The van der Waals surface area contributed by atoms with Crippen molar-refractivity contribution in [3.05, 3.63) is 161 Å². The van der Waals surface area contributed by atoms with Crippen molar-refractivity contribution in [2.24, 2.45) is 5.73 Å². The molecule has 16 aromatic rings. The molecule has 0 radical (unpaired) electrons. The Morgan fingerprint density at radius 3 is 1.46 bits per heavy atom. The minimum atomic E-state index is -3.61. The van der Waals surface area contributed by atoms with E-state index >= 15 is 0 Å². The Kier molecular flexibility index (Phi) is 34.0. The van der Waals surface area contributed by atoms with Gasteiger partial charge in [-0.1, -0.05) is 37.5 Å². The van der Waals surface area contributed by atoms with E-state index in [4.69, 9.17) is 59.9 Å². The summed E-state index contributed by atoms with van der Waals surface area (Å²) in [4.78, 5) is 148. The number of nitrogens with zero attached hydrogens (tertiary/aromatic N) is 30. The second-order valence-electron chi connectivity index (χ2n) is 37.6. The Hall–Kier alpha value is -15.9. The fourth-order valence-corrected chi connectivity index (χ4v) is 16.7. The maximum atomic E-state index is 12.1. The second kappa shape index (κ2) is 46.8. The number of carbonyl (C=O) groups is 4. The zero-order chi connectivity index (χ0) is 106. The lowest BCUT2D eigenvalue weighted by molar-refractivity contribution is 0.0679. The lowest BCUT2D eigenvalue weighted by Gasteiger charge is -2.32. The van der Waals surface area contributed by atoms with Gasteiger partial charge in [-0.25, -0.2) is 117 Å². The van der Waals surface area contributed by atoms with E-state index in [2.05, 4.69) is 160 Å². The number of sulfonamides is 1. The van der Waals surface area contributed by atoms with Gasteiger partial charge in [0.15, 0.2) is 108 Å². The van der Waals surface area contributed by atoms with Crippen LogP contribution in [0.4, 0.5) is 46.5 Å². The predicted octanol–water partition coefficient (Wildman–Crippen LogP) is 14.5. The van der Waals surface area contributed by atoms with Gasteiger partial charge in [-0.15, -0.1) is 10.2 Å². The van der Waals surface area contributed by atoms with E-state index in [1.165, 1.54) is 63.8 Å². The van der Waals surface area contributed by atoms with E-state index in [9.17, 15) is 37.8 Å². The van der Waals surface area contributed by atoms with Crippen LogP contribution in [-0.2, 0) is 14.8 Å². The number of nitrogens with two attached hydrogens (primary N) is 1. The minimum absolute atomic E-state index is 0.0130. The molecule has 0 spiro atoms. The Morgan fingerprint density at radius 2 is 0.918 bits per heavy atom. The number of nitrogens with one attached hydrogen (secondary N) is 2. The summed E-state index contributed by atoms with van der Waals surface area (Å²) in [5.41, 5.74) is 17.6. The molecular weight excluding hydrogens is 1900 g/mol. The number of pyridine rings is 7. The first kappa shape index (κ1) is 107. The summed E-state index contributed by atoms with van der Waals surface area (Å²) in [7, 11) is 9.55. The summed E-state index contributed by atoms with van der Waals surface area (Å²) >= 11 is 0. The molecule has 2 aliphatic heterocycles. The molecule has 1 aromatic carbocycles. The van der Waals surface area contributed by atoms with Crippen molar-refractivity contribution in [3.8, 4) is 34.2 Å². The van der Waals surface area contributed by atoms with Crippen LogP contribution in [0.25, 0.3) is 112 Å². The third-order valence-corrected chi connectivity index (χ3v) is 27.0. The lowest BCUT2D eigenvalue weighted by Crippen LogP contribution is -2.39. The highest BCUT2D eigenvalue weighted by atomic mass is 32.2. The number of furan rings is 1. The van der Waals surface area contributed by atoms with Crippen molar-refractivity contribution < 1.29 is 52.1 Å². The van der Waals surface area contributed by atoms with Gasteiger partial charge in [0.1, 0.15) is 61.5 Å². The average molecular weight is 2020 g/mol. The molecule has 147 heavy (non-hydrogen) atoms. The van der Waals surface area contributed by atoms with E-state index in [0.29, 0.717) is 121 Å². The van der Waals surface area contributed by atoms with Crippen molar-refractivity contribution >= 4 is 158 Å². The molecule has 44 nitrogen and oxygen atoms in total. The number of fused-ring (bicyclic) bond motifs is 7. The van der Waals surface area contributed by atoms with Gasteiger partial charge in [0.25, 0.3) is 15.9 Å². The molecule has 19 rings (SSSR count). The number of aromatic amines is 1. The number of aromatic nitrogens is 23. The van der Waals surface area contributed by atoms with Crippen molar-refractivity contribution in [1.82, 2.24) is 120 Å². The number of hydrogen-bond donors (Lipinski definition) is 6.